The Hall–Kier alpha value is -2.50. The standard InChI is InChI=1S/C26H39N5O5S/c1-4-5-10-22(32)20(17-18-11-12-18)25(33)28-23-26(34)29(2)21-9-7-6-8-19(21)24(27-23)30-13-15-31(16-14-30)37(3,35)36/h6-9,18,20,22-23,32H,4-5,10-17H2,1-3H3,(H,28,33)/t20-,22+,23-/m1/s1. The van der Waals surface area contributed by atoms with Crippen LogP contribution in [0, 0.1) is 11.8 Å². The lowest BCUT2D eigenvalue weighted by molar-refractivity contribution is -0.133. The first-order valence-corrected chi connectivity index (χ1v) is 15.1. The Bertz CT molecular complexity index is 1130. The number of nitrogens with zero attached hydrogens (tertiary/aromatic N) is 4. The van der Waals surface area contributed by atoms with Crippen molar-refractivity contribution in [2.24, 2.45) is 16.8 Å². The van der Waals surface area contributed by atoms with Crippen molar-refractivity contribution in [3.63, 3.8) is 0 Å². The molecule has 1 saturated carbocycles. The number of nitrogens with one attached hydrogen (secondary N) is 1. The van der Waals surface area contributed by atoms with Gasteiger partial charge in [-0.05, 0) is 30.9 Å². The highest BCUT2D eigenvalue weighted by molar-refractivity contribution is 7.88. The highest BCUT2D eigenvalue weighted by Gasteiger charge is 2.38. The van der Waals surface area contributed by atoms with Crippen LogP contribution >= 0.6 is 0 Å². The number of amides is 2. The molecule has 1 aliphatic carbocycles. The zero-order chi connectivity index (χ0) is 26.7. The maximum Gasteiger partial charge on any atom is 0.272 e. The summed E-state index contributed by atoms with van der Waals surface area (Å²) >= 11 is 0. The molecule has 0 unspecified atom stereocenters. The first-order chi connectivity index (χ1) is 17.6. The Morgan fingerprint density at radius 3 is 2.49 bits per heavy atom. The van der Waals surface area contributed by atoms with Crippen molar-refractivity contribution in [1.29, 1.82) is 0 Å². The summed E-state index contributed by atoms with van der Waals surface area (Å²) in [7, 11) is -1.63. The molecule has 1 aromatic carbocycles. The first-order valence-electron chi connectivity index (χ1n) is 13.2. The van der Waals surface area contributed by atoms with Crippen LogP contribution in [0.15, 0.2) is 29.3 Å². The third-order valence-corrected chi connectivity index (χ3v) is 8.85. The molecule has 2 fully saturated rings. The highest BCUT2D eigenvalue weighted by atomic mass is 32.2. The molecule has 4 rings (SSSR count). The quantitative estimate of drug-likeness (QED) is 0.495. The monoisotopic (exact) mass is 533 g/mol. The minimum atomic E-state index is -3.30. The van der Waals surface area contributed by atoms with Gasteiger partial charge in [0.1, 0.15) is 5.84 Å². The number of hydrogen-bond donors (Lipinski definition) is 2. The van der Waals surface area contributed by atoms with Crippen LogP contribution in [0.3, 0.4) is 0 Å². The van der Waals surface area contributed by atoms with Crippen molar-refractivity contribution < 1.29 is 23.1 Å². The van der Waals surface area contributed by atoms with Crippen LogP contribution in [0.4, 0.5) is 5.69 Å². The van der Waals surface area contributed by atoms with E-state index in [1.165, 1.54) is 15.5 Å². The summed E-state index contributed by atoms with van der Waals surface area (Å²) in [5.41, 5.74) is 1.42. The van der Waals surface area contributed by atoms with Gasteiger partial charge in [-0.2, -0.15) is 4.31 Å². The number of carbonyl (C=O) groups excluding carboxylic acids is 2. The van der Waals surface area contributed by atoms with Gasteiger partial charge in [-0.3, -0.25) is 9.59 Å². The van der Waals surface area contributed by atoms with Crippen LogP contribution in [-0.2, 0) is 19.6 Å². The Balaban J connectivity index is 1.61. The zero-order valence-corrected chi connectivity index (χ0v) is 22.8. The third kappa shape index (κ3) is 6.50. The number of para-hydroxylation sites is 1. The van der Waals surface area contributed by atoms with E-state index in [9.17, 15) is 23.1 Å². The largest absolute Gasteiger partial charge is 0.392 e. The maximum absolute atomic E-state index is 13.5. The van der Waals surface area contributed by atoms with Gasteiger partial charge in [0.15, 0.2) is 0 Å². The number of sulfonamides is 1. The second-order valence-corrected chi connectivity index (χ2v) is 12.4. The van der Waals surface area contributed by atoms with Crippen LogP contribution in [-0.4, -0.2) is 92.1 Å². The van der Waals surface area contributed by atoms with E-state index in [2.05, 4.69) is 5.32 Å². The lowest BCUT2D eigenvalue weighted by atomic mass is 9.91. The first kappa shape index (κ1) is 27.5. The molecule has 1 aromatic rings. The Morgan fingerprint density at radius 1 is 1.19 bits per heavy atom. The highest BCUT2D eigenvalue weighted by Crippen LogP contribution is 2.37. The summed E-state index contributed by atoms with van der Waals surface area (Å²) < 4.78 is 25.4. The van der Waals surface area contributed by atoms with Crippen molar-refractivity contribution in [2.45, 2.75) is 57.7 Å². The van der Waals surface area contributed by atoms with Gasteiger partial charge in [-0.15, -0.1) is 0 Å². The zero-order valence-electron chi connectivity index (χ0n) is 22.0. The van der Waals surface area contributed by atoms with Crippen molar-refractivity contribution in [2.75, 3.05) is 44.4 Å². The Morgan fingerprint density at radius 2 is 1.86 bits per heavy atom. The SMILES string of the molecule is CCCC[C@H](O)[C@@H](CC1CC1)C(=O)N[C@H]1N=C(N2CCN(S(C)(=O)=O)CC2)c2ccccc2N(C)C1=O. The number of benzene rings is 1. The lowest BCUT2D eigenvalue weighted by Crippen LogP contribution is -2.52. The van der Waals surface area contributed by atoms with Crippen LogP contribution in [0.2, 0.25) is 0 Å². The fourth-order valence-electron chi connectivity index (χ4n) is 5.09. The second kappa shape index (κ2) is 11.5. The second-order valence-electron chi connectivity index (χ2n) is 10.4. The number of rotatable bonds is 9. The molecule has 204 valence electrons. The number of aliphatic imine (C=N–C) groups is 1. The molecule has 3 aliphatic rings. The average molecular weight is 534 g/mol. The molecule has 2 heterocycles. The van der Waals surface area contributed by atoms with E-state index in [0.29, 0.717) is 56.5 Å². The summed E-state index contributed by atoms with van der Waals surface area (Å²) in [5.74, 6) is -0.303. The van der Waals surface area contributed by atoms with Crippen molar-refractivity contribution in [3.8, 4) is 0 Å². The molecule has 0 bridgehead atoms. The normalized spacial score (nSPS) is 22.6. The predicted molar refractivity (Wildman–Crippen MR) is 143 cm³/mol. The van der Waals surface area contributed by atoms with E-state index in [0.717, 1.165) is 31.2 Å². The van der Waals surface area contributed by atoms with Gasteiger partial charge < -0.3 is 20.2 Å². The molecular formula is C26H39N5O5S. The molecule has 0 spiro atoms. The summed E-state index contributed by atoms with van der Waals surface area (Å²) in [6.45, 7) is 3.51. The smallest absolute Gasteiger partial charge is 0.272 e. The van der Waals surface area contributed by atoms with E-state index in [1.54, 1.807) is 7.05 Å². The summed E-state index contributed by atoms with van der Waals surface area (Å²) in [6, 6.07) is 7.43. The van der Waals surface area contributed by atoms with Crippen LogP contribution < -0.4 is 10.2 Å². The van der Waals surface area contributed by atoms with Gasteiger partial charge in [-0.25, -0.2) is 13.4 Å². The maximum atomic E-state index is 13.5. The van der Waals surface area contributed by atoms with Gasteiger partial charge in [0.25, 0.3) is 5.91 Å². The van der Waals surface area contributed by atoms with Crippen molar-refractivity contribution >= 4 is 33.4 Å². The number of hydrogen-bond acceptors (Lipinski definition) is 7. The number of carbonyl (C=O) groups is 2. The summed E-state index contributed by atoms with van der Waals surface area (Å²) in [6.07, 6.45) is 4.34. The van der Waals surface area contributed by atoms with E-state index in [1.807, 2.05) is 36.1 Å². The average Bonchev–Trinajstić information content (AvgIpc) is 3.71. The van der Waals surface area contributed by atoms with Crippen LogP contribution in [0.1, 0.15) is 51.0 Å². The molecule has 3 atom stereocenters. The van der Waals surface area contributed by atoms with E-state index in [4.69, 9.17) is 4.99 Å². The fraction of sp³-hybridized carbons (Fsp3) is 0.654. The number of benzodiazepines with no additional fused rings is 1. The number of likely N-dealkylation sites (N-methyl/N-ethyl adjacent to an activating group) is 1. The molecule has 0 radical (unpaired) electrons. The molecule has 37 heavy (non-hydrogen) atoms. The summed E-state index contributed by atoms with van der Waals surface area (Å²) in [4.78, 5) is 35.2. The fourth-order valence-corrected chi connectivity index (χ4v) is 5.92. The number of anilines is 1. The van der Waals surface area contributed by atoms with Crippen molar-refractivity contribution in [3.05, 3.63) is 29.8 Å². The number of fused-ring (bicyclic) bond motifs is 1. The van der Waals surface area contributed by atoms with E-state index in [-0.39, 0.29) is 11.8 Å². The molecule has 11 heteroatoms. The number of aliphatic hydroxyl groups is 1. The molecule has 2 aliphatic heterocycles. The van der Waals surface area contributed by atoms with Gasteiger partial charge in [0.2, 0.25) is 22.1 Å². The molecule has 2 amide bonds. The predicted octanol–water partition coefficient (Wildman–Crippen LogP) is 1.40. The molecule has 2 N–H and O–H groups in total. The minimum Gasteiger partial charge on any atom is -0.392 e. The van der Waals surface area contributed by atoms with Gasteiger partial charge in [-0.1, -0.05) is 44.7 Å². The van der Waals surface area contributed by atoms with Gasteiger partial charge >= 0.3 is 0 Å². The Labute approximate surface area is 219 Å². The van der Waals surface area contributed by atoms with Gasteiger partial charge in [0, 0.05) is 38.8 Å². The number of unbranched alkanes of at least 4 members (excludes halogenated alkanes) is 1. The topological polar surface area (TPSA) is 123 Å². The Kier molecular flexibility index (Phi) is 8.55. The number of aliphatic hydroxyl groups excluding tert-OH is 1. The van der Waals surface area contributed by atoms with E-state index < -0.39 is 28.2 Å². The third-order valence-electron chi connectivity index (χ3n) is 7.55. The molecular weight excluding hydrogens is 494 g/mol. The molecule has 1 saturated heterocycles. The summed E-state index contributed by atoms with van der Waals surface area (Å²) in [5, 5.41) is 13.7. The van der Waals surface area contributed by atoms with E-state index >= 15 is 0 Å². The number of amidine groups is 1. The van der Waals surface area contributed by atoms with Crippen LogP contribution in [0.5, 0.6) is 0 Å². The van der Waals surface area contributed by atoms with Crippen molar-refractivity contribution in [1.82, 2.24) is 14.5 Å². The minimum absolute atomic E-state index is 0.313. The molecule has 10 nitrogen and oxygen atoms in total. The number of piperazine rings is 1. The molecule has 0 aromatic heterocycles. The van der Waals surface area contributed by atoms with Crippen LogP contribution in [0.25, 0.3) is 0 Å². The lowest BCUT2D eigenvalue weighted by Gasteiger charge is -2.35. The van der Waals surface area contributed by atoms with Gasteiger partial charge in [0.05, 0.1) is 24.0 Å².